The first-order chi connectivity index (χ1) is 9.08. The third-order valence-corrected chi connectivity index (χ3v) is 3.76. The van der Waals surface area contributed by atoms with Crippen molar-refractivity contribution in [2.75, 3.05) is 0 Å². The largest absolute Gasteiger partial charge is 0.373 e. The van der Waals surface area contributed by atoms with E-state index in [4.69, 9.17) is 10.5 Å². The van der Waals surface area contributed by atoms with Gasteiger partial charge in [-0.25, -0.2) is 0 Å². The van der Waals surface area contributed by atoms with E-state index in [0.29, 0.717) is 12.2 Å². The van der Waals surface area contributed by atoms with Crippen LogP contribution in [0.4, 0.5) is 5.69 Å². The van der Waals surface area contributed by atoms with E-state index in [0.717, 1.165) is 31.2 Å². The fourth-order valence-corrected chi connectivity index (χ4v) is 2.56. The molecule has 1 aliphatic rings. The predicted molar refractivity (Wildman–Crippen MR) is 72.9 cm³/mol. The van der Waals surface area contributed by atoms with Gasteiger partial charge in [-0.15, -0.1) is 0 Å². The summed E-state index contributed by atoms with van der Waals surface area (Å²) in [6.07, 6.45) is 4.26. The van der Waals surface area contributed by atoms with Crippen molar-refractivity contribution in [3.63, 3.8) is 0 Å². The topological polar surface area (TPSA) is 78.4 Å². The summed E-state index contributed by atoms with van der Waals surface area (Å²) >= 11 is 0. The molecule has 104 valence electrons. The van der Waals surface area contributed by atoms with Gasteiger partial charge in [0, 0.05) is 17.7 Å². The Balaban J connectivity index is 1.99. The van der Waals surface area contributed by atoms with Crippen LogP contribution in [0, 0.1) is 17.0 Å². The number of benzene rings is 1. The number of rotatable bonds is 4. The molecule has 5 heteroatoms. The monoisotopic (exact) mass is 264 g/mol. The summed E-state index contributed by atoms with van der Waals surface area (Å²) in [4.78, 5) is 10.5. The van der Waals surface area contributed by atoms with Gasteiger partial charge in [0.15, 0.2) is 0 Å². The molecule has 2 N–H and O–H groups in total. The van der Waals surface area contributed by atoms with Crippen LogP contribution < -0.4 is 5.73 Å². The number of hydrogen-bond donors (Lipinski definition) is 1. The maximum Gasteiger partial charge on any atom is 0.272 e. The average Bonchev–Trinajstić information content (AvgIpc) is 2.37. The molecule has 0 aliphatic heterocycles. The van der Waals surface area contributed by atoms with Gasteiger partial charge in [0.05, 0.1) is 17.6 Å². The Hall–Kier alpha value is -1.46. The lowest BCUT2D eigenvalue weighted by Gasteiger charge is -2.26. The molecule has 0 heterocycles. The van der Waals surface area contributed by atoms with Gasteiger partial charge >= 0.3 is 0 Å². The molecule has 1 aromatic carbocycles. The highest BCUT2D eigenvalue weighted by atomic mass is 16.6. The molecule has 0 amide bonds. The molecule has 0 saturated heterocycles. The zero-order valence-electron chi connectivity index (χ0n) is 11.2. The van der Waals surface area contributed by atoms with Crippen LogP contribution in [0.1, 0.15) is 36.8 Å². The minimum Gasteiger partial charge on any atom is -0.373 e. The maximum absolute atomic E-state index is 10.9. The Morgan fingerprint density at radius 3 is 2.95 bits per heavy atom. The maximum atomic E-state index is 10.9. The molecule has 19 heavy (non-hydrogen) atoms. The van der Waals surface area contributed by atoms with Gasteiger partial charge in [-0.05, 0) is 38.2 Å². The summed E-state index contributed by atoms with van der Waals surface area (Å²) in [5.41, 5.74) is 7.64. The number of nitrogens with two attached hydrogens (primary N) is 1. The fourth-order valence-electron chi connectivity index (χ4n) is 2.56. The number of nitrogens with zero attached hydrogens (tertiary/aromatic N) is 1. The highest BCUT2D eigenvalue weighted by Crippen LogP contribution is 2.24. The van der Waals surface area contributed by atoms with Gasteiger partial charge in [-0.3, -0.25) is 10.1 Å². The van der Waals surface area contributed by atoms with E-state index in [2.05, 4.69) is 0 Å². The normalized spacial score (nSPS) is 23.3. The van der Waals surface area contributed by atoms with Crippen molar-refractivity contribution in [2.45, 2.75) is 51.4 Å². The quantitative estimate of drug-likeness (QED) is 0.670. The molecule has 0 bridgehead atoms. The molecule has 1 aliphatic carbocycles. The molecule has 2 rings (SSSR count). The van der Waals surface area contributed by atoms with E-state index in [-0.39, 0.29) is 22.8 Å². The molecule has 2 unspecified atom stereocenters. The van der Waals surface area contributed by atoms with E-state index in [1.165, 1.54) is 6.07 Å². The summed E-state index contributed by atoms with van der Waals surface area (Å²) in [5, 5.41) is 10.9. The third-order valence-electron chi connectivity index (χ3n) is 3.76. The Kier molecular flexibility index (Phi) is 4.50. The molecule has 1 saturated carbocycles. The fraction of sp³-hybridized carbons (Fsp3) is 0.571. The van der Waals surface area contributed by atoms with Gasteiger partial charge in [-0.1, -0.05) is 12.1 Å². The average molecular weight is 264 g/mol. The van der Waals surface area contributed by atoms with E-state index in [1.54, 1.807) is 13.0 Å². The standard InChI is InChI=1S/C14H20N2O3/c1-10-11(4-2-7-14(10)16(17)18)9-19-13-6-3-5-12(15)8-13/h2,4,7,12-13H,3,5-6,8-9,15H2,1H3. The second-order valence-corrected chi connectivity index (χ2v) is 5.18. The summed E-state index contributed by atoms with van der Waals surface area (Å²) in [6.45, 7) is 2.19. The van der Waals surface area contributed by atoms with Crippen molar-refractivity contribution in [3.8, 4) is 0 Å². The van der Waals surface area contributed by atoms with Crippen LogP contribution in [-0.4, -0.2) is 17.1 Å². The van der Waals surface area contributed by atoms with Gasteiger partial charge in [0.1, 0.15) is 0 Å². The zero-order chi connectivity index (χ0) is 13.8. The lowest BCUT2D eigenvalue weighted by Crippen LogP contribution is -2.32. The molecular formula is C14H20N2O3. The van der Waals surface area contributed by atoms with Crippen LogP contribution in [0.15, 0.2) is 18.2 Å². The zero-order valence-corrected chi connectivity index (χ0v) is 11.2. The third kappa shape index (κ3) is 3.52. The highest BCUT2D eigenvalue weighted by Gasteiger charge is 2.20. The van der Waals surface area contributed by atoms with Crippen LogP contribution in [0.25, 0.3) is 0 Å². The second kappa shape index (κ2) is 6.12. The number of hydrogen-bond acceptors (Lipinski definition) is 4. The minimum absolute atomic E-state index is 0.154. The van der Waals surface area contributed by atoms with Crippen LogP contribution >= 0.6 is 0 Å². The first-order valence-corrected chi connectivity index (χ1v) is 6.68. The Bertz CT molecular complexity index is 462. The molecule has 2 atom stereocenters. The van der Waals surface area contributed by atoms with Gasteiger partial charge < -0.3 is 10.5 Å². The predicted octanol–water partition coefficient (Wildman–Crippen LogP) is 2.69. The van der Waals surface area contributed by atoms with Crippen molar-refractivity contribution in [1.29, 1.82) is 0 Å². The molecule has 5 nitrogen and oxygen atoms in total. The molecular weight excluding hydrogens is 244 g/mol. The van der Waals surface area contributed by atoms with Crippen molar-refractivity contribution < 1.29 is 9.66 Å². The van der Waals surface area contributed by atoms with Crippen molar-refractivity contribution >= 4 is 5.69 Å². The van der Waals surface area contributed by atoms with Gasteiger partial charge in [-0.2, -0.15) is 0 Å². The number of nitro benzene ring substituents is 1. The van der Waals surface area contributed by atoms with Gasteiger partial charge in [0.25, 0.3) is 5.69 Å². The Morgan fingerprint density at radius 2 is 2.26 bits per heavy atom. The first-order valence-electron chi connectivity index (χ1n) is 6.68. The molecule has 1 fully saturated rings. The van der Waals surface area contributed by atoms with E-state index in [1.807, 2.05) is 6.07 Å². The van der Waals surface area contributed by atoms with Crippen molar-refractivity contribution in [2.24, 2.45) is 5.73 Å². The Morgan fingerprint density at radius 1 is 1.47 bits per heavy atom. The van der Waals surface area contributed by atoms with Crippen LogP contribution in [0.5, 0.6) is 0 Å². The second-order valence-electron chi connectivity index (χ2n) is 5.18. The number of ether oxygens (including phenoxy) is 1. The minimum atomic E-state index is -0.352. The Labute approximate surface area is 112 Å². The van der Waals surface area contributed by atoms with Crippen LogP contribution in [0.2, 0.25) is 0 Å². The smallest absolute Gasteiger partial charge is 0.272 e. The van der Waals surface area contributed by atoms with Crippen molar-refractivity contribution in [1.82, 2.24) is 0 Å². The SMILES string of the molecule is Cc1c(COC2CCCC(N)C2)cccc1[N+](=O)[O-]. The van der Waals surface area contributed by atoms with Gasteiger partial charge in [0.2, 0.25) is 0 Å². The van der Waals surface area contributed by atoms with Crippen molar-refractivity contribution in [3.05, 3.63) is 39.4 Å². The summed E-state index contributed by atoms with van der Waals surface area (Å²) < 4.78 is 5.85. The van der Waals surface area contributed by atoms with E-state index in [9.17, 15) is 10.1 Å². The molecule has 0 aromatic heterocycles. The molecule has 1 aromatic rings. The summed E-state index contributed by atoms with van der Waals surface area (Å²) in [5.74, 6) is 0. The lowest BCUT2D eigenvalue weighted by molar-refractivity contribution is -0.385. The summed E-state index contributed by atoms with van der Waals surface area (Å²) in [6, 6.07) is 5.33. The van der Waals surface area contributed by atoms with E-state index < -0.39 is 0 Å². The van der Waals surface area contributed by atoms with Crippen LogP contribution in [-0.2, 0) is 11.3 Å². The summed E-state index contributed by atoms with van der Waals surface area (Å²) in [7, 11) is 0. The number of nitro groups is 1. The molecule has 0 spiro atoms. The first kappa shape index (κ1) is 14.0. The van der Waals surface area contributed by atoms with Crippen LogP contribution in [0.3, 0.4) is 0 Å². The van der Waals surface area contributed by atoms with E-state index >= 15 is 0 Å². The lowest BCUT2D eigenvalue weighted by atomic mass is 9.93. The molecule has 0 radical (unpaired) electrons. The highest BCUT2D eigenvalue weighted by molar-refractivity contribution is 5.44.